The number of aliphatic hydroxyl groups excluding tert-OH is 1. The monoisotopic (exact) mass is 604 g/mol. The number of hydrogen-bond acceptors (Lipinski definition) is 6. The molecule has 0 saturated heterocycles. The number of ether oxygens (including phenoxy) is 1. The second-order valence-corrected chi connectivity index (χ2v) is 16.3. The van der Waals surface area contributed by atoms with Crippen molar-refractivity contribution in [3.63, 3.8) is 0 Å². The average molecular weight is 605 g/mol. The first-order valence-corrected chi connectivity index (χ1v) is 16.0. The number of benzene rings is 2. The lowest BCUT2D eigenvalue weighted by Gasteiger charge is -2.47. The van der Waals surface area contributed by atoms with Gasteiger partial charge in [-0.3, -0.25) is 0 Å². The molecule has 7 nitrogen and oxygen atoms in total. The normalized spacial score (nSPS) is 18.2. The Morgan fingerprint density at radius 3 is 2.37 bits per heavy atom. The molecule has 0 bridgehead atoms. The van der Waals surface area contributed by atoms with E-state index in [9.17, 15) is 13.9 Å². The SMILES string of the molecule is CC(C)(OS(C)(C)C(C)(C)C)c1ncc(-c2ccc3nc4n(c3c2)[C@@H](c2c(Cl)cccc2OC(F)F)CC4O)cn1. The minimum Gasteiger partial charge on any atom is -0.434 e. The molecule has 2 atom stereocenters. The molecule has 2 aromatic carbocycles. The molecule has 1 unspecified atom stereocenters. The zero-order valence-electron chi connectivity index (χ0n) is 24.2. The van der Waals surface area contributed by atoms with Crippen LogP contribution >= 0.6 is 21.9 Å². The van der Waals surface area contributed by atoms with Crippen LogP contribution in [0.4, 0.5) is 8.78 Å². The van der Waals surface area contributed by atoms with Gasteiger partial charge in [-0.2, -0.15) is 8.78 Å². The van der Waals surface area contributed by atoms with E-state index in [1.54, 1.807) is 24.5 Å². The van der Waals surface area contributed by atoms with Gasteiger partial charge in [-0.05, 0) is 56.2 Å². The summed E-state index contributed by atoms with van der Waals surface area (Å²) in [5.41, 5.74) is 2.72. The molecule has 0 radical (unpaired) electrons. The molecule has 2 aromatic heterocycles. The second kappa shape index (κ2) is 10.5. The molecule has 1 N–H and O–H groups in total. The highest BCUT2D eigenvalue weighted by molar-refractivity contribution is 8.29. The lowest BCUT2D eigenvalue weighted by atomic mass is 10.0. The second-order valence-electron chi connectivity index (χ2n) is 12.1. The first-order chi connectivity index (χ1) is 19.1. The molecule has 0 aliphatic carbocycles. The van der Waals surface area contributed by atoms with Gasteiger partial charge >= 0.3 is 6.61 Å². The molecular weight excluding hydrogens is 570 g/mol. The molecule has 41 heavy (non-hydrogen) atoms. The number of rotatable bonds is 7. The summed E-state index contributed by atoms with van der Waals surface area (Å²) >= 11 is 6.50. The first kappa shape index (κ1) is 29.7. The van der Waals surface area contributed by atoms with Crippen LogP contribution in [0, 0.1) is 0 Å². The Labute approximate surface area is 245 Å². The van der Waals surface area contributed by atoms with Crippen molar-refractivity contribution >= 4 is 32.9 Å². The summed E-state index contributed by atoms with van der Waals surface area (Å²) in [4.78, 5) is 14.0. The summed E-state index contributed by atoms with van der Waals surface area (Å²) in [6.07, 6.45) is 7.17. The zero-order valence-corrected chi connectivity index (χ0v) is 25.7. The van der Waals surface area contributed by atoms with Gasteiger partial charge in [0.05, 0.1) is 17.1 Å². The van der Waals surface area contributed by atoms with E-state index >= 15 is 0 Å². The molecule has 11 heteroatoms. The molecule has 0 spiro atoms. The van der Waals surface area contributed by atoms with Crippen molar-refractivity contribution in [1.29, 1.82) is 0 Å². The van der Waals surface area contributed by atoms with Gasteiger partial charge in [0.1, 0.15) is 23.3 Å². The summed E-state index contributed by atoms with van der Waals surface area (Å²) in [5, 5.41) is 11.1. The van der Waals surface area contributed by atoms with Gasteiger partial charge in [-0.1, -0.05) is 44.5 Å². The highest BCUT2D eigenvalue weighted by Crippen LogP contribution is 2.57. The Kier molecular flexibility index (Phi) is 7.59. The van der Waals surface area contributed by atoms with Gasteiger partial charge < -0.3 is 18.6 Å². The maximum Gasteiger partial charge on any atom is 0.387 e. The molecule has 220 valence electrons. The molecule has 1 aliphatic heterocycles. The molecule has 4 aromatic rings. The van der Waals surface area contributed by atoms with Crippen molar-refractivity contribution in [2.24, 2.45) is 0 Å². The van der Waals surface area contributed by atoms with Crippen LogP contribution in [0.1, 0.15) is 70.4 Å². The third-order valence-electron chi connectivity index (χ3n) is 7.75. The standard InChI is InChI=1S/C30H35ClF2N4O3S/c1-29(2,3)41(6,7)40-30(4,5)27-34-15-18(16-35-27)17-11-12-20-21(13-17)37-22(14-23(38)26(37)36-20)25-19(31)9-8-10-24(25)39-28(32)33/h8-13,15-16,22-23,28,38H,14H2,1-7H3/t22-,23?/m1/s1. The molecule has 0 fully saturated rings. The van der Waals surface area contributed by atoms with Gasteiger partial charge in [-0.15, -0.1) is 10.3 Å². The Bertz CT molecular complexity index is 1590. The summed E-state index contributed by atoms with van der Waals surface area (Å²) in [5.74, 6) is 1.01. The van der Waals surface area contributed by atoms with Gasteiger partial charge in [-0.25, -0.2) is 15.0 Å². The van der Waals surface area contributed by atoms with E-state index in [0.717, 1.165) is 16.6 Å². The number of nitrogens with zero attached hydrogens (tertiary/aromatic N) is 4. The fourth-order valence-electron chi connectivity index (χ4n) is 5.03. The number of fused-ring (bicyclic) bond motifs is 3. The number of halogens is 3. The Hall–Kier alpha value is -2.79. The van der Waals surface area contributed by atoms with Gasteiger partial charge in [0.15, 0.2) is 5.82 Å². The van der Waals surface area contributed by atoms with E-state index < -0.39 is 34.7 Å². The van der Waals surface area contributed by atoms with Crippen molar-refractivity contribution in [1.82, 2.24) is 19.5 Å². The van der Waals surface area contributed by atoms with Crippen LogP contribution < -0.4 is 4.74 Å². The minimum atomic E-state index is -3.01. The lowest BCUT2D eigenvalue weighted by Crippen LogP contribution is -2.33. The van der Waals surface area contributed by atoms with E-state index in [1.807, 2.05) is 36.6 Å². The average Bonchev–Trinajstić information content (AvgIpc) is 3.39. The highest BCUT2D eigenvalue weighted by atomic mass is 35.5. The predicted molar refractivity (Wildman–Crippen MR) is 160 cm³/mol. The third-order valence-corrected chi connectivity index (χ3v) is 11.9. The Morgan fingerprint density at radius 1 is 1.05 bits per heavy atom. The molecule has 5 rings (SSSR count). The van der Waals surface area contributed by atoms with Crippen LogP contribution in [0.3, 0.4) is 0 Å². The van der Waals surface area contributed by atoms with Crippen LogP contribution in [-0.4, -0.2) is 48.5 Å². The summed E-state index contributed by atoms with van der Waals surface area (Å²) in [6.45, 7) is 7.48. The third kappa shape index (κ3) is 5.55. The highest BCUT2D eigenvalue weighted by Gasteiger charge is 2.38. The summed E-state index contributed by atoms with van der Waals surface area (Å²) in [6, 6.07) is 9.80. The van der Waals surface area contributed by atoms with Crippen LogP contribution in [0.5, 0.6) is 5.75 Å². The van der Waals surface area contributed by atoms with Crippen molar-refractivity contribution in [3.05, 3.63) is 71.0 Å². The molecule has 3 heterocycles. The number of imidazole rings is 1. The van der Waals surface area contributed by atoms with Crippen LogP contribution in [-0.2, 0) is 9.78 Å². The van der Waals surface area contributed by atoms with E-state index in [1.165, 1.54) is 6.07 Å². The molecule has 0 amide bonds. The molecule has 0 saturated carbocycles. The maximum absolute atomic E-state index is 13.2. The molecule has 1 aliphatic rings. The maximum atomic E-state index is 13.2. The number of hydrogen-bond donors (Lipinski definition) is 1. The van der Waals surface area contributed by atoms with Gasteiger partial charge in [0.2, 0.25) is 0 Å². The number of aromatic nitrogens is 4. The van der Waals surface area contributed by atoms with E-state index in [0.29, 0.717) is 22.7 Å². The topological polar surface area (TPSA) is 82.3 Å². The van der Waals surface area contributed by atoms with Gasteiger partial charge in [0.25, 0.3) is 0 Å². The zero-order chi connectivity index (χ0) is 29.9. The van der Waals surface area contributed by atoms with Gasteiger partial charge in [0, 0.05) is 39.7 Å². The van der Waals surface area contributed by atoms with E-state index in [-0.39, 0.29) is 21.9 Å². The molecular formula is C30H35ClF2N4O3S. The quantitative estimate of drug-likeness (QED) is 0.232. The van der Waals surface area contributed by atoms with Crippen molar-refractivity contribution in [3.8, 4) is 16.9 Å². The smallest absolute Gasteiger partial charge is 0.387 e. The Morgan fingerprint density at radius 2 is 1.73 bits per heavy atom. The fraction of sp³-hybridized carbons (Fsp3) is 0.433. The fourth-order valence-corrected chi connectivity index (χ4v) is 6.69. The van der Waals surface area contributed by atoms with E-state index in [4.69, 9.17) is 20.5 Å². The number of aliphatic hydroxyl groups is 1. The Balaban J connectivity index is 1.52. The van der Waals surface area contributed by atoms with Crippen LogP contribution in [0.15, 0.2) is 48.8 Å². The first-order valence-electron chi connectivity index (χ1n) is 13.3. The predicted octanol–water partition coefficient (Wildman–Crippen LogP) is 7.80. The van der Waals surface area contributed by atoms with Crippen molar-refractivity contribution < 1.29 is 22.8 Å². The van der Waals surface area contributed by atoms with Crippen molar-refractivity contribution in [2.45, 2.75) is 70.1 Å². The largest absolute Gasteiger partial charge is 0.434 e. The number of alkyl halides is 2. The van der Waals surface area contributed by atoms with Crippen molar-refractivity contribution in [2.75, 3.05) is 12.5 Å². The summed E-state index contributed by atoms with van der Waals surface area (Å²) in [7, 11) is -1.41. The lowest BCUT2D eigenvalue weighted by molar-refractivity contribution is -0.0507. The van der Waals surface area contributed by atoms with Crippen LogP contribution in [0.25, 0.3) is 22.2 Å². The summed E-state index contributed by atoms with van der Waals surface area (Å²) < 4.78 is 39.6. The van der Waals surface area contributed by atoms with Crippen LogP contribution in [0.2, 0.25) is 5.02 Å². The minimum absolute atomic E-state index is 0.00706. The van der Waals surface area contributed by atoms with E-state index in [2.05, 4.69) is 48.2 Å².